The Labute approximate surface area is 273 Å². The lowest BCUT2D eigenvalue weighted by atomic mass is 9.88. The van der Waals surface area contributed by atoms with Gasteiger partial charge in [-0.1, -0.05) is 121 Å². The molecule has 3 nitrogen and oxygen atoms in total. The highest BCUT2D eigenvalue weighted by atomic mass is 32.1. The van der Waals surface area contributed by atoms with E-state index in [0.717, 1.165) is 69.4 Å². The fourth-order valence-corrected chi connectivity index (χ4v) is 7.67. The van der Waals surface area contributed by atoms with E-state index in [1.165, 1.54) is 16.1 Å². The van der Waals surface area contributed by atoms with E-state index in [0.29, 0.717) is 5.69 Å². The molecule has 8 rings (SSSR count). The number of allylic oxidation sites excluding steroid dienone is 2. The summed E-state index contributed by atoms with van der Waals surface area (Å²) in [6.45, 7) is 0. The SMILES string of the molecule is N#Cc1nc(-c2ccccc2)c2c(C3C=CCCC3)n(-c3ccc(-c4cccs4)cc3)c(-c3ccccc3)c2c1-c1ccccc1. The predicted molar refractivity (Wildman–Crippen MR) is 191 cm³/mol. The number of benzene rings is 4. The first-order valence-electron chi connectivity index (χ1n) is 15.8. The molecule has 46 heavy (non-hydrogen) atoms. The van der Waals surface area contributed by atoms with Gasteiger partial charge in [0.25, 0.3) is 0 Å². The van der Waals surface area contributed by atoms with Crippen LogP contribution in [0.4, 0.5) is 0 Å². The maximum Gasteiger partial charge on any atom is 0.149 e. The van der Waals surface area contributed by atoms with Crippen molar-refractivity contribution in [2.45, 2.75) is 25.2 Å². The fourth-order valence-electron chi connectivity index (χ4n) is 6.93. The molecule has 0 saturated carbocycles. The van der Waals surface area contributed by atoms with Crippen molar-refractivity contribution in [1.29, 1.82) is 5.26 Å². The van der Waals surface area contributed by atoms with Gasteiger partial charge in [0.05, 0.1) is 11.4 Å². The van der Waals surface area contributed by atoms with E-state index < -0.39 is 0 Å². The molecular formula is C42H31N3S. The first-order chi connectivity index (χ1) is 22.8. The molecule has 3 aromatic heterocycles. The van der Waals surface area contributed by atoms with Crippen molar-refractivity contribution < 1.29 is 0 Å². The zero-order valence-corrected chi connectivity index (χ0v) is 26.1. The molecule has 4 aromatic carbocycles. The maximum atomic E-state index is 10.7. The largest absolute Gasteiger partial charge is 0.312 e. The first-order valence-corrected chi connectivity index (χ1v) is 16.7. The topological polar surface area (TPSA) is 41.6 Å². The summed E-state index contributed by atoms with van der Waals surface area (Å²) in [5.74, 6) is 0.187. The second-order valence-electron chi connectivity index (χ2n) is 11.7. The van der Waals surface area contributed by atoms with Gasteiger partial charge in [0.1, 0.15) is 11.8 Å². The Morgan fingerprint density at radius 2 is 1.37 bits per heavy atom. The minimum absolute atomic E-state index is 0.187. The monoisotopic (exact) mass is 609 g/mol. The van der Waals surface area contributed by atoms with Crippen LogP contribution < -0.4 is 0 Å². The zero-order valence-electron chi connectivity index (χ0n) is 25.3. The number of rotatable bonds is 6. The van der Waals surface area contributed by atoms with E-state index in [1.54, 1.807) is 11.3 Å². The molecule has 0 radical (unpaired) electrons. The Kier molecular flexibility index (Phi) is 7.38. The maximum absolute atomic E-state index is 10.7. The molecule has 0 amide bonds. The van der Waals surface area contributed by atoms with Crippen LogP contribution in [0, 0.1) is 11.3 Å². The normalized spacial score (nSPS) is 14.4. The summed E-state index contributed by atoms with van der Waals surface area (Å²) in [5, 5.41) is 15.0. The fraction of sp³-hybridized carbons (Fsp3) is 0.0952. The quantitative estimate of drug-likeness (QED) is 0.176. The van der Waals surface area contributed by atoms with Gasteiger partial charge in [0.15, 0.2) is 0 Å². The number of thiophene rings is 1. The number of pyridine rings is 1. The molecular weight excluding hydrogens is 579 g/mol. The van der Waals surface area contributed by atoms with Crippen LogP contribution in [0.25, 0.3) is 60.5 Å². The van der Waals surface area contributed by atoms with Crippen molar-refractivity contribution in [3.8, 4) is 55.8 Å². The lowest BCUT2D eigenvalue weighted by molar-refractivity contribution is 0.636. The number of hydrogen-bond donors (Lipinski definition) is 0. The summed E-state index contributed by atoms with van der Waals surface area (Å²) < 4.78 is 2.47. The standard InChI is InChI=1S/C42H31N3S/c43-28-35-37(30-14-5-1-6-15-30)38-39(40(44-35)31-16-7-2-8-17-31)42(33-20-11-4-12-21-33)45(41(38)32-18-9-3-10-19-32)34-25-23-29(24-26-34)36-22-13-27-46-36/h1-3,5-11,13-20,22-27,33H,4,12,21H2. The van der Waals surface area contributed by atoms with Crippen LogP contribution in [-0.4, -0.2) is 9.55 Å². The van der Waals surface area contributed by atoms with Crippen molar-refractivity contribution in [3.05, 3.63) is 156 Å². The van der Waals surface area contributed by atoms with E-state index in [1.807, 2.05) is 24.3 Å². The Hall–Kier alpha value is -5.50. The van der Waals surface area contributed by atoms with E-state index in [9.17, 15) is 5.26 Å². The average molecular weight is 610 g/mol. The number of hydrogen-bond acceptors (Lipinski definition) is 3. The second-order valence-corrected chi connectivity index (χ2v) is 12.7. The van der Waals surface area contributed by atoms with Crippen LogP contribution in [0.15, 0.2) is 145 Å². The molecule has 0 N–H and O–H groups in total. The van der Waals surface area contributed by atoms with E-state index >= 15 is 0 Å². The van der Waals surface area contributed by atoms with Gasteiger partial charge in [-0.15, -0.1) is 11.3 Å². The van der Waals surface area contributed by atoms with Gasteiger partial charge in [-0.25, -0.2) is 4.98 Å². The molecule has 1 aliphatic rings. The highest BCUT2D eigenvalue weighted by Crippen LogP contribution is 2.49. The Balaban J connectivity index is 1.58. The lowest BCUT2D eigenvalue weighted by Crippen LogP contribution is -2.09. The van der Waals surface area contributed by atoms with Gasteiger partial charge in [-0.2, -0.15) is 5.26 Å². The van der Waals surface area contributed by atoms with Gasteiger partial charge in [0, 0.05) is 44.1 Å². The molecule has 3 heterocycles. The van der Waals surface area contributed by atoms with Crippen molar-refractivity contribution in [1.82, 2.24) is 9.55 Å². The highest BCUT2D eigenvalue weighted by molar-refractivity contribution is 7.13. The van der Waals surface area contributed by atoms with Crippen LogP contribution in [-0.2, 0) is 0 Å². The van der Waals surface area contributed by atoms with E-state index in [2.05, 4.69) is 131 Å². The molecule has 1 aliphatic carbocycles. The third kappa shape index (κ3) is 4.86. The first kappa shape index (κ1) is 28.0. The zero-order chi connectivity index (χ0) is 30.9. The number of fused-ring (bicyclic) bond motifs is 1. The minimum Gasteiger partial charge on any atom is -0.312 e. The van der Waals surface area contributed by atoms with Crippen LogP contribution >= 0.6 is 11.3 Å². The molecule has 0 fully saturated rings. The molecule has 4 heteroatoms. The number of aromatic nitrogens is 2. The Morgan fingerprint density at radius 1 is 0.696 bits per heavy atom. The second kappa shape index (κ2) is 12.1. The highest BCUT2D eigenvalue weighted by Gasteiger charge is 2.31. The van der Waals surface area contributed by atoms with Crippen LogP contribution in [0.2, 0.25) is 0 Å². The van der Waals surface area contributed by atoms with Crippen molar-refractivity contribution in [2.75, 3.05) is 0 Å². The summed E-state index contributed by atoms with van der Waals surface area (Å²) in [5.41, 5.74) is 9.89. The average Bonchev–Trinajstić information content (AvgIpc) is 3.80. The van der Waals surface area contributed by atoms with Gasteiger partial charge in [0.2, 0.25) is 0 Å². The number of nitrogens with zero attached hydrogens (tertiary/aromatic N) is 3. The summed E-state index contributed by atoms with van der Waals surface area (Å²) in [6, 6.07) is 47.1. The molecule has 1 unspecified atom stereocenters. The summed E-state index contributed by atoms with van der Waals surface area (Å²) >= 11 is 1.76. The lowest BCUT2D eigenvalue weighted by Gasteiger charge is -2.22. The molecule has 0 bridgehead atoms. The summed E-state index contributed by atoms with van der Waals surface area (Å²) in [6.07, 6.45) is 7.98. The van der Waals surface area contributed by atoms with Gasteiger partial charge in [-0.3, -0.25) is 0 Å². The van der Waals surface area contributed by atoms with Crippen molar-refractivity contribution in [2.24, 2.45) is 0 Å². The molecule has 0 aliphatic heterocycles. The van der Waals surface area contributed by atoms with Crippen LogP contribution in [0.3, 0.4) is 0 Å². The van der Waals surface area contributed by atoms with Gasteiger partial charge >= 0.3 is 0 Å². The molecule has 7 aromatic rings. The third-order valence-corrected chi connectivity index (χ3v) is 9.87. The minimum atomic E-state index is 0.187. The third-order valence-electron chi connectivity index (χ3n) is 8.95. The van der Waals surface area contributed by atoms with Crippen molar-refractivity contribution in [3.63, 3.8) is 0 Å². The predicted octanol–water partition coefficient (Wildman–Crippen LogP) is 11.5. The van der Waals surface area contributed by atoms with Crippen molar-refractivity contribution >= 4 is 22.1 Å². The van der Waals surface area contributed by atoms with Crippen LogP contribution in [0.1, 0.15) is 36.6 Å². The Morgan fingerprint density at radius 3 is 1.98 bits per heavy atom. The molecule has 0 saturated heterocycles. The molecule has 1 atom stereocenters. The smallest absolute Gasteiger partial charge is 0.149 e. The van der Waals surface area contributed by atoms with Gasteiger partial charge < -0.3 is 4.57 Å². The van der Waals surface area contributed by atoms with E-state index in [4.69, 9.17) is 4.98 Å². The Bertz CT molecular complexity index is 2210. The number of nitriles is 1. The summed E-state index contributed by atoms with van der Waals surface area (Å²) in [4.78, 5) is 6.47. The van der Waals surface area contributed by atoms with Gasteiger partial charge in [-0.05, 0) is 59.5 Å². The molecule has 220 valence electrons. The molecule has 0 spiro atoms. The summed E-state index contributed by atoms with van der Waals surface area (Å²) in [7, 11) is 0. The van der Waals surface area contributed by atoms with E-state index in [-0.39, 0.29) is 5.92 Å². The van der Waals surface area contributed by atoms with Crippen LogP contribution in [0.5, 0.6) is 0 Å².